The number of hydrogen-bond acceptors (Lipinski definition) is 1. The first-order valence-electron chi connectivity index (χ1n) is 11.3. The molecule has 0 aliphatic heterocycles. The van der Waals surface area contributed by atoms with E-state index in [1.807, 2.05) is 0 Å². The lowest BCUT2D eigenvalue weighted by Gasteiger charge is -2.38. The van der Waals surface area contributed by atoms with Crippen LogP contribution in [0.25, 0.3) is 0 Å². The van der Waals surface area contributed by atoms with Crippen LogP contribution in [0.3, 0.4) is 0 Å². The normalized spacial score (nSPS) is 29.1. The van der Waals surface area contributed by atoms with E-state index in [-0.39, 0.29) is 0 Å². The van der Waals surface area contributed by atoms with Crippen molar-refractivity contribution in [2.75, 3.05) is 6.61 Å². The summed E-state index contributed by atoms with van der Waals surface area (Å²) in [4.78, 5) is 0. The van der Waals surface area contributed by atoms with Gasteiger partial charge in [-0.25, -0.2) is 4.39 Å². The van der Waals surface area contributed by atoms with Crippen molar-refractivity contribution in [1.82, 2.24) is 0 Å². The van der Waals surface area contributed by atoms with Crippen molar-refractivity contribution in [3.63, 3.8) is 0 Å². The van der Waals surface area contributed by atoms with E-state index in [9.17, 15) is 4.39 Å². The highest BCUT2D eigenvalue weighted by Gasteiger charge is 2.31. The highest BCUT2D eigenvalue weighted by molar-refractivity contribution is 5.29. The number of hydrogen-bond donors (Lipinski definition) is 0. The largest absolute Gasteiger partial charge is 0.494 e. The number of unbranched alkanes of at least 4 members (excludes halogenated alkanes) is 1. The molecule has 0 aromatic heterocycles. The van der Waals surface area contributed by atoms with Crippen LogP contribution < -0.4 is 4.74 Å². The Morgan fingerprint density at radius 3 is 2.15 bits per heavy atom. The molecule has 0 N–H and O–H groups in total. The Labute approximate surface area is 165 Å². The molecule has 0 unspecified atom stereocenters. The second-order valence-corrected chi connectivity index (χ2v) is 8.76. The van der Waals surface area contributed by atoms with Crippen LogP contribution in [0.5, 0.6) is 5.75 Å². The summed E-state index contributed by atoms with van der Waals surface area (Å²) in [6, 6.07) is 8.89. The van der Waals surface area contributed by atoms with Gasteiger partial charge in [0.2, 0.25) is 0 Å². The van der Waals surface area contributed by atoms with Gasteiger partial charge in [0.15, 0.2) is 0 Å². The Morgan fingerprint density at radius 1 is 0.926 bits per heavy atom. The second kappa shape index (κ2) is 10.9. The van der Waals surface area contributed by atoms with Crippen LogP contribution in [0, 0.1) is 17.8 Å². The lowest BCUT2D eigenvalue weighted by molar-refractivity contribution is 0.160. The minimum atomic E-state index is 0.719. The molecular formula is C25H37FO. The van der Waals surface area contributed by atoms with E-state index >= 15 is 0 Å². The monoisotopic (exact) mass is 372 g/mol. The molecule has 0 spiro atoms. The molecule has 2 saturated carbocycles. The Kier molecular flexibility index (Phi) is 8.23. The van der Waals surface area contributed by atoms with Crippen LogP contribution in [-0.4, -0.2) is 6.61 Å². The van der Waals surface area contributed by atoms with Crippen molar-refractivity contribution in [3.8, 4) is 5.75 Å². The summed E-state index contributed by atoms with van der Waals surface area (Å²) in [6.45, 7) is 3.02. The average Bonchev–Trinajstić information content (AvgIpc) is 2.73. The van der Waals surface area contributed by atoms with Crippen LogP contribution >= 0.6 is 0 Å². The number of ether oxygens (including phenoxy) is 1. The van der Waals surface area contributed by atoms with E-state index in [2.05, 4.69) is 31.2 Å². The molecule has 0 radical (unpaired) electrons. The van der Waals surface area contributed by atoms with E-state index < -0.39 is 0 Å². The number of halogens is 1. The first-order chi connectivity index (χ1) is 13.3. The third-order valence-corrected chi connectivity index (χ3v) is 7.01. The maximum atomic E-state index is 12.2. The number of benzene rings is 1. The molecule has 3 rings (SSSR count). The smallest absolute Gasteiger partial charge is 0.119 e. The summed E-state index contributed by atoms with van der Waals surface area (Å²) >= 11 is 0. The second-order valence-electron chi connectivity index (χ2n) is 8.76. The van der Waals surface area contributed by atoms with Gasteiger partial charge in [0.1, 0.15) is 5.75 Å². The fraction of sp³-hybridized carbons (Fsp3) is 0.680. The van der Waals surface area contributed by atoms with Crippen molar-refractivity contribution < 1.29 is 9.13 Å². The van der Waals surface area contributed by atoms with Crippen LogP contribution in [0.2, 0.25) is 0 Å². The van der Waals surface area contributed by atoms with Crippen LogP contribution in [0.1, 0.15) is 89.0 Å². The van der Waals surface area contributed by atoms with Crippen LogP contribution in [-0.2, 0) is 0 Å². The predicted molar refractivity (Wildman–Crippen MR) is 112 cm³/mol. The molecule has 0 saturated heterocycles. The average molecular weight is 373 g/mol. The number of allylic oxidation sites excluding steroid dienone is 1. The molecule has 0 amide bonds. The molecule has 0 atom stereocenters. The van der Waals surface area contributed by atoms with Crippen molar-refractivity contribution >= 4 is 0 Å². The maximum absolute atomic E-state index is 12.2. The quantitative estimate of drug-likeness (QED) is 0.423. The molecule has 150 valence electrons. The van der Waals surface area contributed by atoms with Crippen LogP contribution in [0.4, 0.5) is 4.39 Å². The molecule has 1 aromatic carbocycles. The van der Waals surface area contributed by atoms with E-state index in [1.165, 1.54) is 63.4 Å². The van der Waals surface area contributed by atoms with Crippen molar-refractivity contribution in [1.29, 1.82) is 0 Å². The zero-order chi connectivity index (χ0) is 18.9. The third-order valence-electron chi connectivity index (χ3n) is 7.01. The van der Waals surface area contributed by atoms with Gasteiger partial charge in [-0.2, -0.15) is 0 Å². The Hall–Kier alpha value is -1.31. The van der Waals surface area contributed by atoms with Gasteiger partial charge in [0.05, 0.1) is 12.9 Å². The Morgan fingerprint density at radius 2 is 1.56 bits per heavy atom. The molecule has 1 nitrogen and oxygen atoms in total. The minimum absolute atomic E-state index is 0.719. The molecule has 1 aromatic rings. The summed E-state index contributed by atoms with van der Waals surface area (Å²) in [5, 5.41) is 0. The van der Waals surface area contributed by atoms with Crippen molar-refractivity contribution in [2.24, 2.45) is 17.8 Å². The number of rotatable bonds is 8. The highest BCUT2D eigenvalue weighted by atomic mass is 19.1. The summed E-state index contributed by atoms with van der Waals surface area (Å²) in [5.41, 5.74) is 1.50. The highest BCUT2D eigenvalue weighted by Crippen LogP contribution is 2.44. The molecule has 2 aliphatic rings. The molecule has 2 aliphatic carbocycles. The summed E-state index contributed by atoms with van der Waals surface area (Å²) < 4.78 is 18.0. The van der Waals surface area contributed by atoms with Gasteiger partial charge in [-0.15, -0.1) is 0 Å². The van der Waals surface area contributed by atoms with Crippen molar-refractivity contribution in [2.45, 2.75) is 83.5 Å². The van der Waals surface area contributed by atoms with E-state index in [0.717, 1.165) is 55.2 Å². The molecule has 0 heterocycles. The van der Waals surface area contributed by atoms with Gasteiger partial charge >= 0.3 is 0 Å². The third kappa shape index (κ3) is 6.09. The topological polar surface area (TPSA) is 9.23 Å². The lowest BCUT2D eigenvalue weighted by Crippen LogP contribution is -2.25. The van der Waals surface area contributed by atoms with Crippen LogP contribution in [0.15, 0.2) is 36.7 Å². The van der Waals surface area contributed by atoms with E-state index in [1.54, 1.807) is 6.08 Å². The minimum Gasteiger partial charge on any atom is -0.494 e. The maximum Gasteiger partial charge on any atom is 0.119 e. The summed E-state index contributed by atoms with van der Waals surface area (Å²) in [5.74, 6) is 4.32. The van der Waals surface area contributed by atoms with Gasteiger partial charge < -0.3 is 4.74 Å². The van der Waals surface area contributed by atoms with Crippen molar-refractivity contribution in [3.05, 3.63) is 42.2 Å². The lowest BCUT2D eigenvalue weighted by atomic mass is 9.68. The Balaban J connectivity index is 1.41. The predicted octanol–water partition coefficient (Wildman–Crippen LogP) is 7.82. The SMILES string of the molecule is CCCCOc1ccc(C2CCC(C3CCC(C/C=C/F)CC3)CC2)cc1. The zero-order valence-corrected chi connectivity index (χ0v) is 17.0. The molecule has 2 heteroatoms. The van der Waals surface area contributed by atoms with Gasteiger partial charge in [-0.05, 0) is 106 Å². The fourth-order valence-corrected chi connectivity index (χ4v) is 5.23. The van der Waals surface area contributed by atoms with Gasteiger partial charge in [-0.3, -0.25) is 0 Å². The molecular weight excluding hydrogens is 335 g/mol. The first-order valence-corrected chi connectivity index (χ1v) is 11.3. The van der Waals surface area contributed by atoms with Gasteiger partial charge in [-0.1, -0.05) is 31.6 Å². The standard InChI is InChI=1S/C25H37FO/c1-2-3-19-27-25-16-14-24(15-17-25)23-12-10-22(11-13-23)21-8-6-20(7-9-21)5-4-18-26/h4,14-18,20-23H,2-3,5-13,19H2,1H3/b18-4+. The molecule has 2 fully saturated rings. The molecule has 27 heavy (non-hydrogen) atoms. The van der Waals surface area contributed by atoms with Gasteiger partial charge in [0.25, 0.3) is 0 Å². The molecule has 0 bridgehead atoms. The van der Waals surface area contributed by atoms with E-state index in [0.29, 0.717) is 0 Å². The van der Waals surface area contributed by atoms with Gasteiger partial charge in [0, 0.05) is 0 Å². The summed E-state index contributed by atoms with van der Waals surface area (Å²) in [7, 11) is 0. The van der Waals surface area contributed by atoms with E-state index in [4.69, 9.17) is 4.74 Å². The fourth-order valence-electron chi connectivity index (χ4n) is 5.23. The zero-order valence-electron chi connectivity index (χ0n) is 17.0. The Bertz CT molecular complexity index is 548. The first kappa shape index (κ1) is 20.4. The summed E-state index contributed by atoms with van der Waals surface area (Å²) in [6.07, 6.45) is 16.4.